The summed E-state index contributed by atoms with van der Waals surface area (Å²) in [7, 11) is 0. The SMILES string of the molecule is Nc1c(N)c(N)c2/c(c1N)=c1/c(N)ccc/c1=c1\cccc\c1=c1/cccc/c1=2. The molecule has 5 heteroatoms. The summed E-state index contributed by atoms with van der Waals surface area (Å²) < 4.78 is 0. The maximum atomic E-state index is 6.54. The van der Waals surface area contributed by atoms with E-state index < -0.39 is 0 Å². The first-order chi connectivity index (χ1) is 14.0. The first-order valence-corrected chi connectivity index (χ1v) is 9.34. The van der Waals surface area contributed by atoms with Gasteiger partial charge < -0.3 is 28.7 Å². The molecule has 0 amide bonds. The predicted octanol–water partition coefficient (Wildman–Crippen LogP) is 3.06. The normalized spacial score (nSPS) is 16.4. The van der Waals surface area contributed by atoms with Crippen molar-refractivity contribution >= 4 is 28.4 Å². The highest BCUT2D eigenvalue weighted by Crippen LogP contribution is 2.33. The maximum absolute atomic E-state index is 6.54. The van der Waals surface area contributed by atoms with Crippen molar-refractivity contribution < 1.29 is 0 Å². The van der Waals surface area contributed by atoms with Gasteiger partial charge in [-0.2, -0.15) is 0 Å². The van der Waals surface area contributed by atoms with Gasteiger partial charge in [-0.15, -0.1) is 0 Å². The molecule has 0 saturated carbocycles. The number of benzene rings is 4. The van der Waals surface area contributed by atoms with Gasteiger partial charge in [0.05, 0.1) is 22.7 Å². The molecule has 0 saturated heterocycles. The van der Waals surface area contributed by atoms with Gasteiger partial charge in [0.1, 0.15) is 0 Å². The Morgan fingerprint density at radius 3 is 1.41 bits per heavy atom. The molecule has 4 aromatic carbocycles. The summed E-state index contributed by atoms with van der Waals surface area (Å²) in [6.07, 6.45) is 0. The second kappa shape index (κ2) is 5.94. The van der Waals surface area contributed by atoms with Crippen molar-refractivity contribution in [3.8, 4) is 0 Å². The van der Waals surface area contributed by atoms with Gasteiger partial charge in [0.25, 0.3) is 0 Å². The number of hydrogen-bond acceptors (Lipinski definition) is 5. The van der Waals surface area contributed by atoms with Crippen molar-refractivity contribution in [3.05, 3.63) is 108 Å². The summed E-state index contributed by atoms with van der Waals surface area (Å²) in [5, 5.41) is 7.44. The number of nitrogens with two attached hydrogens (primary N) is 5. The average Bonchev–Trinajstić information content (AvgIpc) is 2.74. The highest BCUT2D eigenvalue weighted by atomic mass is 14.8. The second-order valence-electron chi connectivity index (χ2n) is 7.27. The molecule has 0 aromatic heterocycles. The van der Waals surface area contributed by atoms with Crippen molar-refractivity contribution in [2.45, 2.75) is 0 Å². The third kappa shape index (κ3) is 2.21. The highest BCUT2D eigenvalue weighted by molar-refractivity contribution is 5.87. The van der Waals surface area contributed by atoms with Crippen molar-refractivity contribution in [2.24, 2.45) is 0 Å². The monoisotopic (exact) mass is 379 g/mol. The Morgan fingerprint density at radius 1 is 0.345 bits per heavy atom. The molecular formula is C24H21N5. The summed E-state index contributed by atoms with van der Waals surface area (Å²) in [5.41, 5.74) is 34.0. The lowest BCUT2D eigenvalue weighted by molar-refractivity contribution is 1.29. The molecule has 4 aromatic rings. The first kappa shape index (κ1) is 17.0. The van der Waals surface area contributed by atoms with Crippen LogP contribution < -0.4 is 28.7 Å². The molecule has 1 aliphatic rings. The van der Waals surface area contributed by atoms with E-state index in [-0.39, 0.29) is 5.69 Å². The van der Waals surface area contributed by atoms with E-state index in [0.717, 1.165) is 41.7 Å². The molecule has 142 valence electrons. The van der Waals surface area contributed by atoms with Gasteiger partial charge in [-0.25, -0.2) is 0 Å². The van der Waals surface area contributed by atoms with E-state index in [4.69, 9.17) is 28.7 Å². The molecule has 0 aliphatic heterocycles. The number of fused-ring (bicyclic) bond motifs is 4. The topological polar surface area (TPSA) is 130 Å². The van der Waals surface area contributed by atoms with Crippen LogP contribution in [0.2, 0.25) is 0 Å². The lowest BCUT2D eigenvalue weighted by atomic mass is 9.98. The quantitative estimate of drug-likeness (QED) is 0.264. The van der Waals surface area contributed by atoms with Crippen LogP contribution in [-0.2, 0) is 0 Å². The Kier molecular flexibility index (Phi) is 3.48. The van der Waals surface area contributed by atoms with Crippen LogP contribution in [0.3, 0.4) is 0 Å². The zero-order valence-electron chi connectivity index (χ0n) is 15.7. The highest BCUT2D eigenvalue weighted by Gasteiger charge is 2.13. The molecule has 0 atom stereocenters. The van der Waals surface area contributed by atoms with Crippen molar-refractivity contribution in [1.29, 1.82) is 0 Å². The van der Waals surface area contributed by atoms with Crippen LogP contribution in [-0.4, -0.2) is 0 Å². The van der Waals surface area contributed by atoms with Crippen LogP contribution >= 0.6 is 0 Å². The molecule has 5 nitrogen and oxygen atoms in total. The minimum absolute atomic E-state index is 0.279. The van der Waals surface area contributed by atoms with Gasteiger partial charge in [-0.3, -0.25) is 0 Å². The van der Waals surface area contributed by atoms with Gasteiger partial charge in [0.15, 0.2) is 0 Å². The fourth-order valence-corrected chi connectivity index (χ4v) is 4.33. The summed E-state index contributed by atoms with van der Waals surface area (Å²) in [6, 6.07) is 22.2. The molecule has 10 N–H and O–H groups in total. The molecular weight excluding hydrogens is 358 g/mol. The van der Waals surface area contributed by atoms with Crippen molar-refractivity contribution in [1.82, 2.24) is 0 Å². The van der Waals surface area contributed by atoms with E-state index in [1.165, 1.54) is 0 Å². The molecule has 0 bridgehead atoms. The molecule has 0 unspecified atom stereocenters. The fraction of sp³-hybridized carbons (Fsp3) is 0. The molecule has 1 aliphatic carbocycles. The molecule has 0 radical (unpaired) electrons. The minimum atomic E-state index is 0.279. The molecule has 29 heavy (non-hydrogen) atoms. The van der Waals surface area contributed by atoms with Crippen molar-refractivity contribution in [2.75, 3.05) is 28.7 Å². The lowest BCUT2D eigenvalue weighted by Crippen LogP contribution is -2.08. The van der Waals surface area contributed by atoms with Gasteiger partial charge in [-0.05, 0) is 32.2 Å². The van der Waals surface area contributed by atoms with E-state index >= 15 is 0 Å². The largest absolute Gasteiger partial charge is 0.398 e. The zero-order valence-corrected chi connectivity index (χ0v) is 15.7. The summed E-state index contributed by atoms with van der Waals surface area (Å²) in [6.45, 7) is 0. The van der Waals surface area contributed by atoms with Gasteiger partial charge >= 0.3 is 0 Å². The van der Waals surface area contributed by atoms with Crippen LogP contribution in [0.1, 0.15) is 0 Å². The molecule has 5 rings (SSSR count). The van der Waals surface area contributed by atoms with E-state index in [0.29, 0.717) is 22.7 Å². The Balaban J connectivity index is 2.53. The summed E-state index contributed by atoms with van der Waals surface area (Å²) in [4.78, 5) is 0. The van der Waals surface area contributed by atoms with Crippen LogP contribution in [0.15, 0.2) is 66.7 Å². The van der Waals surface area contributed by atoms with Gasteiger partial charge in [0.2, 0.25) is 0 Å². The smallest absolute Gasteiger partial charge is 0.0809 e. The number of anilines is 5. The van der Waals surface area contributed by atoms with Crippen molar-refractivity contribution in [3.63, 3.8) is 0 Å². The predicted molar refractivity (Wildman–Crippen MR) is 119 cm³/mol. The third-order valence-corrected chi connectivity index (χ3v) is 5.71. The van der Waals surface area contributed by atoms with Crippen LogP contribution in [0.25, 0.3) is 0 Å². The van der Waals surface area contributed by atoms with E-state index in [9.17, 15) is 0 Å². The first-order valence-electron chi connectivity index (χ1n) is 9.34. The van der Waals surface area contributed by atoms with E-state index in [1.54, 1.807) is 0 Å². The minimum Gasteiger partial charge on any atom is -0.398 e. The van der Waals surface area contributed by atoms with Crippen LogP contribution in [0.4, 0.5) is 28.4 Å². The maximum Gasteiger partial charge on any atom is 0.0809 e. The number of nitrogen functional groups attached to an aromatic ring is 5. The number of rotatable bonds is 0. The van der Waals surface area contributed by atoms with E-state index in [1.807, 2.05) is 48.5 Å². The Bertz CT molecular complexity index is 1710. The number of hydrogen-bond donors (Lipinski definition) is 5. The molecule has 0 spiro atoms. The third-order valence-electron chi connectivity index (χ3n) is 5.71. The summed E-state index contributed by atoms with van der Waals surface area (Å²) in [5.74, 6) is 0. The van der Waals surface area contributed by atoms with Gasteiger partial charge in [-0.1, -0.05) is 60.7 Å². The molecule has 0 heterocycles. The Labute approximate surface area is 166 Å². The lowest BCUT2D eigenvalue weighted by Gasteiger charge is -2.13. The molecule has 0 fully saturated rings. The average molecular weight is 379 g/mol. The zero-order chi connectivity index (χ0) is 20.3. The Hall–Kier alpha value is -4.12. The Morgan fingerprint density at radius 2 is 0.793 bits per heavy atom. The standard InChI is InChI=1S/C24H21N5/c25-17-11-5-10-15-13-7-2-1-6-12(13)14-8-3-4-9-16(14)19-20(18(15)17)22(27)24(29)23(28)21(19)26/h1-11H,25-29H2/b14-12-,15-13-,19-16+,20-18-. The van der Waals surface area contributed by atoms with Crippen LogP contribution in [0.5, 0.6) is 0 Å². The van der Waals surface area contributed by atoms with Gasteiger partial charge in [0, 0.05) is 21.3 Å². The second-order valence-corrected chi connectivity index (χ2v) is 7.27. The van der Waals surface area contributed by atoms with Crippen LogP contribution in [0, 0.1) is 41.7 Å². The van der Waals surface area contributed by atoms with E-state index in [2.05, 4.69) is 18.2 Å². The fourth-order valence-electron chi connectivity index (χ4n) is 4.33. The summed E-state index contributed by atoms with van der Waals surface area (Å²) >= 11 is 0.